The van der Waals surface area contributed by atoms with Gasteiger partial charge in [-0.2, -0.15) is 0 Å². The molecule has 3 N–H and O–H groups in total. The second kappa shape index (κ2) is 6.20. The number of nitrogens with two attached hydrogens (primary N) is 1. The number of hydrogen-bond acceptors (Lipinski definition) is 3. The molecule has 0 aliphatic rings. The number of benzene rings is 1. The van der Waals surface area contributed by atoms with Gasteiger partial charge >= 0.3 is 0 Å². The van der Waals surface area contributed by atoms with Crippen molar-refractivity contribution in [3.8, 4) is 0 Å². The van der Waals surface area contributed by atoms with E-state index in [1.54, 1.807) is 25.1 Å². The van der Waals surface area contributed by atoms with E-state index in [1.807, 2.05) is 13.8 Å². The van der Waals surface area contributed by atoms with Crippen LogP contribution in [0, 0.1) is 6.92 Å². The maximum Gasteiger partial charge on any atom is 0.240 e. The Morgan fingerprint density at radius 1 is 1.33 bits per heavy atom. The highest BCUT2D eigenvalue weighted by molar-refractivity contribution is 7.89. The third-order valence-electron chi connectivity index (χ3n) is 3.00. The number of rotatable bonds is 6. The lowest BCUT2D eigenvalue weighted by atomic mass is 10.1. The second-order valence-corrected chi connectivity index (χ2v) is 6.25. The maximum absolute atomic E-state index is 12.2. The lowest BCUT2D eigenvalue weighted by Gasteiger charge is -2.16. The molecule has 102 valence electrons. The molecule has 0 aliphatic carbocycles. The Morgan fingerprint density at radius 2 is 2.00 bits per heavy atom. The van der Waals surface area contributed by atoms with Gasteiger partial charge in [0.2, 0.25) is 10.0 Å². The molecule has 18 heavy (non-hydrogen) atoms. The van der Waals surface area contributed by atoms with Crippen LogP contribution in [-0.2, 0) is 10.0 Å². The van der Waals surface area contributed by atoms with Crippen LogP contribution in [0.25, 0.3) is 0 Å². The summed E-state index contributed by atoms with van der Waals surface area (Å²) < 4.78 is 27.1. The molecule has 1 aromatic rings. The predicted molar refractivity (Wildman–Crippen MR) is 74.9 cm³/mol. The van der Waals surface area contributed by atoms with Gasteiger partial charge in [0, 0.05) is 11.7 Å². The zero-order valence-electron chi connectivity index (χ0n) is 11.2. The molecule has 0 saturated carbocycles. The van der Waals surface area contributed by atoms with Crippen LogP contribution >= 0.6 is 0 Å². The van der Waals surface area contributed by atoms with Crippen molar-refractivity contribution < 1.29 is 8.42 Å². The molecule has 1 unspecified atom stereocenters. The quantitative estimate of drug-likeness (QED) is 0.780. The van der Waals surface area contributed by atoms with E-state index in [4.69, 9.17) is 5.73 Å². The highest BCUT2D eigenvalue weighted by Gasteiger charge is 2.18. The molecule has 0 fully saturated rings. The zero-order chi connectivity index (χ0) is 13.8. The molecular formula is C13H22N2O2S. The Balaban J connectivity index is 2.95. The van der Waals surface area contributed by atoms with Crippen molar-refractivity contribution in [3.63, 3.8) is 0 Å². The minimum absolute atomic E-state index is 0.00198. The molecule has 0 radical (unpaired) electrons. The SMILES string of the molecule is CCCC(CC)NS(=O)(=O)c1ccc(N)c(C)c1. The molecule has 0 saturated heterocycles. The van der Waals surface area contributed by atoms with Crippen molar-refractivity contribution in [1.29, 1.82) is 0 Å². The van der Waals surface area contributed by atoms with Crippen LogP contribution in [0.1, 0.15) is 38.7 Å². The Morgan fingerprint density at radius 3 is 2.50 bits per heavy atom. The van der Waals surface area contributed by atoms with Crippen LogP contribution < -0.4 is 10.5 Å². The van der Waals surface area contributed by atoms with Crippen LogP contribution in [0.5, 0.6) is 0 Å². The Kier molecular flexibility index (Phi) is 5.16. The fourth-order valence-electron chi connectivity index (χ4n) is 1.80. The van der Waals surface area contributed by atoms with Gasteiger partial charge in [0.25, 0.3) is 0 Å². The van der Waals surface area contributed by atoms with E-state index in [1.165, 1.54) is 0 Å². The first-order valence-electron chi connectivity index (χ1n) is 6.29. The lowest BCUT2D eigenvalue weighted by Crippen LogP contribution is -2.34. The van der Waals surface area contributed by atoms with Crippen molar-refractivity contribution in [2.75, 3.05) is 5.73 Å². The van der Waals surface area contributed by atoms with E-state index in [2.05, 4.69) is 4.72 Å². The first-order valence-corrected chi connectivity index (χ1v) is 7.77. The van der Waals surface area contributed by atoms with Crippen molar-refractivity contribution in [3.05, 3.63) is 23.8 Å². The molecule has 5 heteroatoms. The van der Waals surface area contributed by atoms with Gasteiger partial charge in [-0.1, -0.05) is 20.3 Å². The van der Waals surface area contributed by atoms with Gasteiger partial charge in [0.05, 0.1) is 4.90 Å². The summed E-state index contributed by atoms with van der Waals surface area (Å²) in [5.41, 5.74) is 7.08. The summed E-state index contributed by atoms with van der Waals surface area (Å²) >= 11 is 0. The van der Waals surface area contributed by atoms with Gasteiger partial charge in [0.1, 0.15) is 0 Å². The van der Waals surface area contributed by atoms with Gasteiger partial charge in [-0.05, 0) is 43.5 Å². The largest absolute Gasteiger partial charge is 0.399 e. The van der Waals surface area contributed by atoms with E-state index in [0.717, 1.165) is 24.8 Å². The van der Waals surface area contributed by atoms with E-state index < -0.39 is 10.0 Å². The average Bonchev–Trinajstić information content (AvgIpc) is 2.31. The smallest absolute Gasteiger partial charge is 0.240 e. The fraction of sp³-hybridized carbons (Fsp3) is 0.538. The van der Waals surface area contributed by atoms with Crippen LogP contribution in [0.3, 0.4) is 0 Å². The van der Waals surface area contributed by atoms with Gasteiger partial charge in [0.15, 0.2) is 0 Å². The summed E-state index contributed by atoms with van der Waals surface area (Å²) in [4.78, 5) is 0.281. The Hall–Kier alpha value is -1.07. The molecular weight excluding hydrogens is 248 g/mol. The highest BCUT2D eigenvalue weighted by atomic mass is 32.2. The molecule has 0 spiro atoms. The van der Waals surface area contributed by atoms with Crippen LogP contribution in [0.2, 0.25) is 0 Å². The number of aryl methyl sites for hydroxylation is 1. The summed E-state index contributed by atoms with van der Waals surface area (Å²) in [7, 11) is -3.44. The first-order chi connectivity index (χ1) is 8.40. The number of hydrogen-bond donors (Lipinski definition) is 2. The highest BCUT2D eigenvalue weighted by Crippen LogP contribution is 2.17. The molecule has 0 amide bonds. The third kappa shape index (κ3) is 3.71. The van der Waals surface area contributed by atoms with E-state index in [0.29, 0.717) is 5.69 Å². The van der Waals surface area contributed by atoms with Gasteiger partial charge in [-0.25, -0.2) is 13.1 Å². The summed E-state index contributed by atoms with van der Waals surface area (Å²) in [6, 6.07) is 4.78. The molecule has 1 rings (SSSR count). The first kappa shape index (κ1) is 15.0. The minimum atomic E-state index is -3.44. The molecule has 0 heterocycles. The van der Waals surface area contributed by atoms with E-state index in [9.17, 15) is 8.42 Å². The van der Waals surface area contributed by atoms with Crippen molar-refractivity contribution in [2.45, 2.75) is 51.0 Å². The van der Waals surface area contributed by atoms with Crippen molar-refractivity contribution in [1.82, 2.24) is 4.72 Å². The van der Waals surface area contributed by atoms with Gasteiger partial charge in [-0.3, -0.25) is 0 Å². The summed E-state index contributed by atoms with van der Waals surface area (Å²) in [6.07, 6.45) is 2.60. The number of nitrogen functional groups attached to an aromatic ring is 1. The van der Waals surface area contributed by atoms with Crippen molar-refractivity contribution >= 4 is 15.7 Å². The summed E-state index contributed by atoms with van der Waals surface area (Å²) in [5.74, 6) is 0. The standard InChI is InChI=1S/C13H22N2O2S/c1-4-6-11(5-2)15-18(16,17)12-7-8-13(14)10(3)9-12/h7-9,11,15H,4-6,14H2,1-3H3. The molecule has 1 aromatic carbocycles. The molecule has 0 bridgehead atoms. The molecule has 0 aliphatic heterocycles. The maximum atomic E-state index is 12.2. The zero-order valence-corrected chi connectivity index (χ0v) is 12.0. The Labute approximate surface area is 110 Å². The number of sulfonamides is 1. The third-order valence-corrected chi connectivity index (χ3v) is 4.52. The second-order valence-electron chi connectivity index (χ2n) is 4.53. The average molecular weight is 270 g/mol. The summed E-state index contributed by atoms with van der Waals surface area (Å²) in [5, 5.41) is 0. The van der Waals surface area contributed by atoms with Crippen LogP contribution in [-0.4, -0.2) is 14.5 Å². The van der Waals surface area contributed by atoms with Gasteiger partial charge in [-0.15, -0.1) is 0 Å². The van der Waals surface area contributed by atoms with Gasteiger partial charge < -0.3 is 5.73 Å². The summed E-state index contributed by atoms with van der Waals surface area (Å²) in [6.45, 7) is 5.83. The number of anilines is 1. The van der Waals surface area contributed by atoms with Crippen molar-refractivity contribution in [2.24, 2.45) is 0 Å². The lowest BCUT2D eigenvalue weighted by molar-refractivity contribution is 0.512. The van der Waals surface area contributed by atoms with Crippen LogP contribution in [0.4, 0.5) is 5.69 Å². The normalized spacial score (nSPS) is 13.5. The van der Waals surface area contributed by atoms with Crippen LogP contribution in [0.15, 0.2) is 23.1 Å². The topological polar surface area (TPSA) is 72.2 Å². The number of nitrogens with one attached hydrogen (secondary N) is 1. The minimum Gasteiger partial charge on any atom is -0.399 e. The predicted octanol–water partition coefficient (Wildman–Crippen LogP) is 2.43. The molecule has 0 aromatic heterocycles. The monoisotopic (exact) mass is 270 g/mol. The molecule has 1 atom stereocenters. The van der Waals surface area contributed by atoms with E-state index in [-0.39, 0.29) is 10.9 Å². The molecule has 4 nitrogen and oxygen atoms in total. The van der Waals surface area contributed by atoms with E-state index >= 15 is 0 Å². The Bertz CT molecular complexity index is 498. The fourth-order valence-corrected chi connectivity index (χ4v) is 3.24.